The predicted octanol–water partition coefficient (Wildman–Crippen LogP) is 4.31. The molecule has 1 aromatic heterocycles. The summed E-state index contributed by atoms with van der Waals surface area (Å²) in [5, 5.41) is 4.02. The van der Waals surface area contributed by atoms with E-state index in [1.807, 2.05) is 0 Å². The van der Waals surface area contributed by atoms with Gasteiger partial charge in [-0.15, -0.1) is 0 Å². The highest BCUT2D eigenvalue weighted by Gasteiger charge is 2.12. The summed E-state index contributed by atoms with van der Waals surface area (Å²) in [6.07, 6.45) is 1.74. The van der Waals surface area contributed by atoms with Gasteiger partial charge in [0.05, 0.1) is 5.02 Å². The molecule has 0 fully saturated rings. The first-order valence-electron chi connectivity index (χ1n) is 7.35. The van der Waals surface area contributed by atoms with Crippen LogP contribution in [0.1, 0.15) is 25.0 Å². The fourth-order valence-electron chi connectivity index (χ4n) is 2.33. The van der Waals surface area contributed by atoms with Gasteiger partial charge in [-0.2, -0.15) is 0 Å². The van der Waals surface area contributed by atoms with E-state index >= 15 is 0 Å². The molecular formula is C17H22ClN3. The number of nitrogens with zero attached hydrogens (tertiary/aromatic N) is 2. The van der Waals surface area contributed by atoms with E-state index in [-0.39, 0.29) is 0 Å². The zero-order chi connectivity index (χ0) is 15.2. The van der Waals surface area contributed by atoms with Gasteiger partial charge in [0.15, 0.2) is 0 Å². The summed E-state index contributed by atoms with van der Waals surface area (Å²) in [4.78, 5) is 6.71. The number of aromatic nitrogens is 1. The van der Waals surface area contributed by atoms with Crippen molar-refractivity contribution in [1.29, 1.82) is 0 Å². The number of rotatable bonds is 6. The Kier molecular flexibility index (Phi) is 5.59. The van der Waals surface area contributed by atoms with Gasteiger partial charge in [0.25, 0.3) is 0 Å². The van der Waals surface area contributed by atoms with E-state index in [0.717, 1.165) is 31.0 Å². The minimum atomic E-state index is 0.709. The second kappa shape index (κ2) is 7.43. The van der Waals surface area contributed by atoms with Crippen molar-refractivity contribution in [3.63, 3.8) is 0 Å². The maximum atomic E-state index is 6.24. The van der Waals surface area contributed by atoms with Crippen molar-refractivity contribution in [3.05, 3.63) is 52.7 Å². The largest absolute Gasteiger partial charge is 0.326 e. The van der Waals surface area contributed by atoms with Crippen LogP contribution in [-0.4, -0.2) is 18.1 Å². The molecule has 0 saturated heterocycles. The van der Waals surface area contributed by atoms with Crippen molar-refractivity contribution in [2.75, 3.05) is 18.0 Å². The van der Waals surface area contributed by atoms with E-state index in [0.29, 0.717) is 5.02 Å². The summed E-state index contributed by atoms with van der Waals surface area (Å²) in [5.41, 5.74) is 3.50. The van der Waals surface area contributed by atoms with Crippen LogP contribution in [0.3, 0.4) is 0 Å². The summed E-state index contributed by atoms with van der Waals surface area (Å²) >= 11 is 6.24. The quantitative estimate of drug-likeness (QED) is 0.862. The normalized spacial score (nSPS) is 10.7. The first-order chi connectivity index (χ1) is 10.2. The molecule has 1 aromatic carbocycles. The highest BCUT2D eigenvalue weighted by atomic mass is 35.5. The zero-order valence-corrected chi connectivity index (χ0v) is 13.6. The third-order valence-electron chi connectivity index (χ3n) is 3.48. The molecule has 1 heterocycles. The van der Waals surface area contributed by atoms with Gasteiger partial charge in [0, 0.05) is 25.0 Å². The van der Waals surface area contributed by atoms with Crippen LogP contribution in [-0.2, 0) is 6.54 Å². The molecule has 0 saturated carbocycles. The predicted molar refractivity (Wildman–Crippen MR) is 90.5 cm³/mol. The highest BCUT2D eigenvalue weighted by molar-refractivity contribution is 6.31. The average Bonchev–Trinajstić information content (AvgIpc) is 2.50. The lowest BCUT2D eigenvalue weighted by Gasteiger charge is -2.24. The molecule has 0 aliphatic carbocycles. The van der Waals surface area contributed by atoms with E-state index < -0.39 is 0 Å². The van der Waals surface area contributed by atoms with Crippen molar-refractivity contribution in [3.8, 4) is 0 Å². The number of pyridine rings is 1. The van der Waals surface area contributed by atoms with Crippen molar-refractivity contribution in [1.82, 2.24) is 10.3 Å². The number of benzene rings is 1. The number of hydrogen-bond donors (Lipinski definition) is 1. The second-order valence-corrected chi connectivity index (χ2v) is 5.35. The Bertz CT molecular complexity index is 598. The minimum Gasteiger partial charge on any atom is -0.326 e. The zero-order valence-electron chi connectivity index (χ0n) is 12.9. The Balaban J connectivity index is 2.36. The van der Waals surface area contributed by atoms with E-state index in [1.165, 1.54) is 11.3 Å². The number of anilines is 2. The standard InChI is InChI=1S/C17H22ClN3/c1-4-19-11-14-10-17(20-12-15(14)18)21(5-2)16-9-7-6-8-13(16)3/h6-10,12,19H,4-5,11H2,1-3H3. The first-order valence-corrected chi connectivity index (χ1v) is 7.73. The van der Waals surface area contributed by atoms with Crippen molar-refractivity contribution in [2.45, 2.75) is 27.3 Å². The molecule has 1 N–H and O–H groups in total. The summed E-state index contributed by atoms with van der Waals surface area (Å²) < 4.78 is 0. The Morgan fingerprint density at radius 3 is 2.67 bits per heavy atom. The van der Waals surface area contributed by atoms with Gasteiger partial charge in [0.2, 0.25) is 0 Å². The van der Waals surface area contributed by atoms with Crippen LogP contribution in [0.5, 0.6) is 0 Å². The molecule has 4 heteroatoms. The summed E-state index contributed by atoms with van der Waals surface area (Å²) in [7, 11) is 0. The Morgan fingerprint density at radius 2 is 2.00 bits per heavy atom. The van der Waals surface area contributed by atoms with Crippen molar-refractivity contribution in [2.24, 2.45) is 0 Å². The van der Waals surface area contributed by atoms with E-state index in [2.05, 4.69) is 66.3 Å². The van der Waals surface area contributed by atoms with Crippen LogP contribution in [0, 0.1) is 6.92 Å². The molecule has 0 aliphatic heterocycles. The number of halogens is 1. The van der Waals surface area contributed by atoms with Gasteiger partial charge >= 0.3 is 0 Å². The minimum absolute atomic E-state index is 0.709. The molecule has 2 rings (SSSR count). The van der Waals surface area contributed by atoms with Gasteiger partial charge in [-0.05, 0) is 43.7 Å². The van der Waals surface area contributed by atoms with Crippen LogP contribution in [0.2, 0.25) is 5.02 Å². The maximum Gasteiger partial charge on any atom is 0.133 e. The second-order valence-electron chi connectivity index (χ2n) is 4.94. The van der Waals surface area contributed by atoms with Crippen molar-refractivity contribution < 1.29 is 0 Å². The fourth-order valence-corrected chi connectivity index (χ4v) is 2.50. The lowest BCUT2D eigenvalue weighted by Crippen LogP contribution is -2.19. The topological polar surface area (TPSA) is 28.2 Å². The lowest BCUT2D eigenvalue weighted by molar-refractivity contribution is 0.725. The molecule has 0 spiro atoms. The summed E-state index contributed by atoms with van der Waals surface area (Å²) in [6.45, 7) is 8.88. The molecule has 0 atom stereocenters. The molecule has 21 heavy (non-hydrogen) atoms. The van der Waals surface area contributed by atoms with Crippen LogP contribution in [0.15, 0.2) is 36.5 Å². The van der Waals surface area contributed by atoms with Gasteiger partial charge in [-0.1, -0.05) is 36.7 Å². The van der Waals surface area contributed by atoms with Gasteiger partial charge in [0.1, 0.15) is 5.82 Å². The smallest absolute Gasteiger partial charge is 0.133 e. The van der Waals surface area contributed by atoms with Crippen LogP contribution in [0.25, 0.3) is 0 Å². The molecule has 112 valence electrons. The lowest BCUT2D eigenvalue weighted by atomic mass is 10.1. The molecule has 0 aliphatic rings. The van der Waals surface area contributed by atoms with E-state index in [4.69, 9.17) is 11.6 Å². The van der Waals surface area contributed by atoms with Gasteiger partial charge in [-0.25, -0.2) is 4.98 Å². The van der Waals surface area contributed by atoms with Gasteiger partial charge in [-0.3, -0.25) is 0 Å². The third-order valence-corrected chi connectivity index (χ3v) is 3.83. The Labute approximate surface area is 132 Å². The van der Waals surface area contributed by atoms with Crippen LogP contribution in [0.4, 0.5) is 11.5 Å². The monoisotopic (exact) mass is 303 g/mol. The molecule has 0 bridgehead atoms. The molecular weight excluding hydrogens is 282 g/mol. The van der Waals surface area contributed by atoms with Crippen molar-refractivity contribution >= 4 is 23.1 Å². The Morgan fingerprint density at radius 1 is 1.24 bits per heavy atom. The SMILES string of the molecule is CCNCc1cc(N(CC)c2ccccc2C)ncc1Cl. The molecule has 0 unspecified atom stereocenters. The average molecular weight is 304 g/mol. The van der Waals surface area contributed by atoms with E-state index in [1.54, 1.807) is 6.20 Å². The number of nitrogens with one attached hydrogen (secondary N) is 1. The third kappa shape index (κ3) is 3.74. The van der Waals surface area contributed by atoms with E-state index in [9.17, 15) is 0 Å². The molecule has 0 radical (unpaired) electrons. The molecule has 3 nitrogen and oxygen atoms in total. The van der Waals surface area contributed by atoms with Crippen LogP contribution < -0.4 is 10.2 Å². The van der Waals surface area contributed by atoms with Gasteiger partial charge < -0.3 is 10.2 Å². The fraction of sp³-hybridized carbons (Fsp3) is 0.353. The summed E-state index contributed by atoms with van der Waals surface area (Å²) in [5.74, 6) is 0.934. The highest BCUT2D eigenvalue weighted by Crippen LogP contribution is 2.28. The number of aryl methyl sites for hydroxylation is 1. The molecule has 2 aromatic rings. The Hall–Kier alpha value is -1.58. The molecule has 0 amide bonds. The first kappa shape index (κ1) is 15.8. The van der Waals surface area contributed by atoms with Crippen LogP contribution >= 0.6 is 11.6 Å². The summed E-state index contributed by atoms with van der Waals surface area (Å²) in [6, 6.07) is 10.4. The number of para-hydroxylation sites is 1. The maximum absolute atomic E-state index is 6.24. The number of hydrogen-bond acceptors (Lipinski definition) is 3.